The Morgan fingerprint density at radius 2 is 1.80 bits per heavy atom. The van der Waals surface area contributed by atoms with E-state index in [0.717, 1.165) is 39.1 Å². The Labute approximate surface area is 205 Å². The Bertz CT molecular complexity index is 1250. The Balaban J connectivity index is 1.32. The van der Waals surface area contributed by atoms with Crippen LogP contribution < -0.4 is 15.6 Å². The predicted molar refractivity (Wildman–Crippen MR) is 136 cm³/mol. The lowest BCUT2D eigenvalue weighted by Gasteiger charge is -2.36. The van der Waals surface area contributed by atoms with E-state index >= 15 is 0 Å². The Kier molecular flexibility index (Phi) is 7.60. The Morgan fingerprint density at radius 1 is 1.06 bits per heavy atom. The van der Waals surface area contributed by atoms with Crippen molar-refractivity contribution in [1.82, 2.24) is 20.0 Å². The molecule has 2 heterocycles. The van der Waals surface area contributed by atoms with Gasteiger partial charge in [0.15, 0.2) is 5.69 Å². The van der Waals surface area contributed by atoms with Crippen molar-refractivity contribution in [2.45, 2.75) is 33.2 Å². The second kappa shape index (κ2) is 10.8. The largest absolute Gasteiger partial charge is 0.369 e. The number of halogens is 1. The Morgan fingerprint density at radius 3 is 2.51 bits per heavy atom. The number of carbonyl (C=O) groups excluding carboxylic acids is 1. The number of hydrogen-bond acceptors (Lipinski definition) is 5. The van der Waals surface area contributed by atoms with E-state index in [1.54, 1.807) is 25.1 Å². The molecule has 3 aromatic rings. The number of aryl methyl sites for hydroxylation is 2. The van der Waals surface area contributed by atoms with Crippen molar-refractivity contribution < 1.29 is 9.18 Å². The molecule has 0 spiro atoms. The highest BCUT2D eigenvalue weighted by atomic mass is 19.1. The lowest BCUT2D eigenvalue weighted by molar-refractivity contribution is 0.0927. The van der Waals surface area contributed by atoms with E-state index in [2.05, 4.69) is 51.4 Å². The molecular weight excluding hydrogens is 445 g/mol. The van der Waals surface area contributed by atoms with Gasteiger partial charge < -0.3 is 10.2 Å². The van der Waals surface area contributed by atoms with Crippen molar-refractivity contribution >= 4 is 11.6 Å². The van der Waals surface area contributed by atoms with Crippen molar-refractivity contribution in [2.24, 2.45) is 0 Å². The first-order valence-electron chi connectivity index (χ1n) is 12.0. The fourth-order valence-electron chi connectivity index (χ4n) is 4.37. The molecule has 1 aromatic heterocycles. The molecule has 2 aromatic carbocycles. The zero-order valence-corrected chi connectivity index (χ0v) is 20.5. The average molecular weight is 478 g/mol. The number of anilines is 1. The van der Waals surface area contributed by atoms with Crippen LogP contribution in [0.1, 0.15) is 35.1 Å². The highest BCUT2D eigenvalue weighted by Gasteiger charge is 2.20. The van der Waals surface area contributed by atoms with Gasteiger partial charge in [0.25, 0.3) is 5.91 Å². The lowest BCUT2D eigenvalue weighted by Crippen LogP contribution is -2.47. The van der Waals surface area contributed by atoms with Gasteiger partial charge >= 0.3 is 0 Å². The molecule has 1 unspecified atom stereocenters. The quantitative estimate of drug-likeness (QED) is 0.565. The molecule has 0 saturated carbocycles. The molecule has 0 bridgehead atoms. The maximum atomic E-state index is 14.3. The highest BCUT2D eigenvalue weighted by Crippen LogP contribution is 2.18. The van der Waals surface area contributed by atoms with Crippen LogP contribution in [0.3, 0.4) is 0 Å². The molecule has 1 atom stereocenters. The molecule has 0 radical (unpaired) electrons. The molecule has 35 heavy (non-hydrogen) atoms. The highest BCUT2D eigenvalue weighted by molar-refractivity contribution is 5.92. The molecule has 184 valence electrons. The molecular formula is C27H32FN5O2. The van der Waals surface area contributed by atoms with Crippen molar-refractivity contribution in [3.8, 4) is 5.69 Å². The summed E-state index contributed by atoms with van der Waals surface area (Å²) in [6, 6.07) is 15.9. The van der Waals surface area contributed by atoms with Gasteiger partial charge in [0.05, 0.1) is 0 Å². The van der Waals surface area contributed by atoms with Crippen molar-refractivity contribution in [3.05, 3.63) is 87.6 Å². The number of nitrogens with one attached hydrogen (secondary N) is 1. The van der Waals surface area contributed by atoms with E-state index in [4.69, 9.17) is 0 Å². The Hall–Kier alpha value is -3.52. The van der Waals surface area contributed by atoms with Gasteiger partial charge in [-0.15, -0.1) is 0 Å². The fourth-order valence-corrected chi connectivity index (χ4v) is 4.37. The predicted octanol–water partition coefficient (Wildman–Crippen LogP) is 3.32. The van der Waals surface area contributed by atoms with Crippen molar-refractivity contribution in [3.63, 3.8) is 0 Å². The van der Waals surface area contributed by atoms with E-state index in [1.807, 2.05) is 6.92 Å². The smallest absolute Gasteiger partial charge is 0.276 e. The van der Waals surface area contributed by atoms with Crippen LogP contribution in [-0.2, 0) is 0 Å². The van der Waals surface area contributed by atoms with Gasteiger partial charge in [0, 0.05) is 56.2 Å². The van der Waals surface area contributed by atoms with Gasteiger partial charge in [0.2, 0.25) is 5.43 Å². The van der Waals surface area contributed by atoms with Crippen LogP contribution in [0.5, 0.6) is 0 Å². The van der Waals surface area contributed by atoms with Crippen LogP contribution in [0.25, 0.3) is 5.69 Å². The molecule has 4 rings (SSSR count). The summed E-state index contributed by atoms with van der Waals surface area (Å²) in [5.74, 6) is -1.02. The normalized spacial score (nSPS) is 15.1. The summed E-state index contributed by atoms with van der Waals surface area (Å²) in [5.41, 5.74) is 2.45. The monoisotopic (exact) mass is 477 g/mol. The molecule has 0 aliphatic carbocycles. The second-order valence-corrected chi connectivity index (χ2v) is 9.19. The summed E-state index contributed by atoms with van der Waals surface area (Å²) in [6.45, 7) is 10.4. The number of hydrogen-bond donors (Lipinski definition) is 1. The van der Waals surface area contributed by atoms with E-state index < -0.39 is 17.2 Å². The number of benzene rings is 2. The van der Waals surface area contributed by atoms with Gasteiger partial charge in [-0.3, -0.25) is 14.5 Å². The number of rotatable bonds is 7. The van der Waals surface area contributed by atoms with E-state index in [0.29, 0.717) is 5.69 Å². The molecule has 7 nitrogen and oxygen atoms in total. The van der Waals surface area contributed by atoms with Crippen LogP contribution in [0.2, 0.25) is 0 Å². The molecule has 1 aliphatic rings. The first-order chi connectivity index (χ1) is 16.8. The minimum Gasteiger partial charge on any atom is -0.369 e. The van der Waals surface area contributed by atoms with Gasteiger partial charge in [-0.05, 0) is 57.0 Å². The van der Waals surface area contributed by atoms with Crippen LogP contribution in [-0.4, -0.2) is 59.4 Å². The number of carbonyl (C=O) groups is 1. The third-order valence-electron chi connectivity index (χ3n) is 6.40. The summed E-state index contributed by atoms with van der Waals surface area (Å²) >= 11 is 0. The molecule has 1 N–H and O–H groups in total. The van der Waals surface area contributed by atoms with Gasteiger partial charge in [-0.1, -0.05) is 24.3 Å². The lowest BCUT2D eigenvalue weighted by atomic mass is 10.1. The summed E-state index contributed by atoms with van der Waals surface area (Å²) in [4.78, 5) is 30.1. The standard InChI is InChI=1S/C27H32FN5O2/c1-19-7-6-8-22(17-19)32-15-13-31(14-16-32)12-11-20(2)29-27(35)26-25(34)18-21(3)33(30-26)24-10-5-4-9-23(24)28/h4-10,17-18,20H,11-16H2,1-3H3,(H,29,35). The minimum atomic E-state index is -0.545. The van der Waals surface area contributed by atoms with Crippen LogP contribution >= 0.6 is 0 Å². The van der Waals surface area contributed by atoms with Crippen molar-refractivity contribution in [1.29, 1.82) is 0 Å². The number of para-hydroxylation sites is 1. The number of aromatic nitrogens is 2. The molecule has 1 amide bonds. The zero-order valence-electron chi connectivity index (χ0n) is 20.5. The van der Waals surface area contributed by atoms with Gasteiger partial charge in [-0.2, -0.15) is 5.10 Å². The first kappa shape index (κ1) is 24.6. The molecule has 1 fully saturated rings. The molecule has 1 saturated heterocycles. The minimum absolute atomic E-state index is 0.137. The van der Waals surface area contributed by atoms with Gasteiger partial charge in [-0.25, -0.2) is 9.07 Å². The average Bonchev–Trinajstić information content (AvgIpc) is 2.84. The van der Waals surface area contributed by atoms with E-state index in [9.17, 15) is 14.0 Å². The van der Waals surface area contributed by atoms with E-state index in [1.165, 1.54) is 28.1 Å². The third kappa shape index (κ3) is 5.95. The summed E-state index contributed by atoms with van der Waals surface area (Å²) in [7, 11) is 0. The molecule has 8 heteroatoms. The van der Waals surface area contributed by atoms with Crippen LogP contribution in [0.4, 0.5) is 10.1 Å². The fraction of sp³-hybridized carbons (Fsp3) is 0.370. The second-order valence-electron chi connectivity index (χ2n) is 9.19. The van der Waals surface area contributed by atoms with E-state index in [-0.39, 0.29) is 17.4 Å². The van der Waals surface area contributed by atoms with Crippen LogP contribution in [0, 0.1) is 19.7 Å². The summed E-state index contributed by atoms with van der Waals surface area (Å²) in [5, 5.41) is 7.07. The maximum Gasteiger partial charge on any atom is 0.276 e. The molecule has 1 aliphatic heterocycles. The number of amides is 1. The third-order valence-corrected chi connectivity index (χ3v) is 6.40. The number of nitrogens with zero attached hydrogens (tertiary/aromatic N) is 4. The topological polar surface area (TPSA) is 70.5 Å². The number of piperazine rings is 1. The zero-order chi connectivity index (χ0) is 24.9. The van der Waals surface area contributed by atoms with Crippen molar-refractivity contribution in [2.75, 3.05) is 37.6 Å². The van der Waals surface area contributed by atoms with Crippen LogP contribution in [0.15, 0.2) is 59.4 Å². The maximum absolute atomic E-state index is 14.3. The summed E-state index contributed by atoms with van der Waals surface area (Å²) < 4.78 is 15.6. The SMILES string of the molecule is Cc1cccc(N2CCN(CCC(C)NC(=O)c3nn(-c4ccccc4F)c(C)cc3=O)CC2)c1. The first-order valence-corrected chi connectivity index (χ1v) is 12.0. The summed E-state index contributed by atoms with van der Waals surface area (Å²) in [6.07, 6.45) is 0.754. The van der Waals surface area contributed by atoms with Gasteiger partial charge in [0.1, 0.15) is 11.5 Å².